The van der Waals surface area contributed by atoms with Gasteiger partial charge in [-0.15, -0.1) is 0 Å². The molecule has 9 N–H and O–H groups in total. The number of benzene rings is 6. The van der Waals surface area contributed by atoms with Crippen LogP contribution in [0.1, 0.15) is 0 Å². The second kappa shape index (κ2) is 17.3. The summed E-state index contributed by atoms with van der Waals surface area (Å²) < 4.78 is 0. The number of anilines is 4. The lowest BCUT2D eigenvalue weighted by Crippen LogP contribution is -2.22. The third-order valence-corrected chi connectivity index (χ3v) is 9.05. The lowest BCUT2D eigenvalue weighted by molar-refractivity contribution is 1.12. The number of hydrogen-bond donors (Lipinski definition) is 5. The predicted octanol–water partition coefficient (Wildman–Crippen LogP) is 9.86. The number of allylic oxidation sites excluding steroid dienone is 4. The highest BCUT2D eigenvalue weighted by Gasteiger charge is 2.12. The first-order chi connectivity index (χ1) is 25.5. The number of H-pyrrole nitrogens is 1. The quantitative estimate of drug-likeness (QED) is 0.0715. The van der Waals surface area contributed by atoms with Gasteiger partial charge >= 0.3 is 0 Å². The van der Waals surface area contributed by atoms with Crippen molar-refractivity contribution >= 4 is 53.1 Å². The number of para-hydroxylation sites is 6. The fourth-order valence-electron chi connectivity index (χ4n) is 5.75. The highest BCUT2D eigenvalue weighted by atomic mass is 31.1. The van der Waals surface area contributed by atoms with Gasteiger partial charge in [0.1, 0.15) is 11.6 Å². The molecule has 1 heterocycles. The van der Waals surface area contributed by atoms with E-state index in [9.17, 15) is 0 Å². The second-order valence-electron chi connectivity index (χ2n) is 11.8. The Morgan fingerprint density at radius 1 is 0.385 bits per heavy atom. The minimum atomic E-state index is 0.0725. The highest BCUT2D eigenvalue weighted by molar-refractivity contribution is 7.47. The highest BCUT2D eigenvalue weighted by Crippen LogP contribution is 2.31. The van der Waals surface area contributed by atoms with Crippen molar-refractivity contribution in [2.24, 2.45) is 22.9 Å². The molecule has 7 aromatic rings. The predicted molar refractivity (Wildman–Crippen MR) is 223 cm³/mol. The number of hydrogen-bond acceptors (Lipinski definition) is 6. The van der Waals surface area contributed by atoms with E-state index < -0.39 is 0 Å². The summed E-state index contributed by atoms with van der Waals surface area (Å²) in [4.78, 5) is 7.32. The minimum Gasteiger partial charge on any atom is -0.398 e. The molecule has 0 radical (unpaired) electrons. The van der Waals surface area contributed by atoms with E-state index in [1.54, 1.807) is 24.3 Å². The SMILES string of the molecule is N/C(=C\C=C(/N)N(c1ccccc1)c1ccccc1)P/C(N)=C/C=C(\N)N(c1ccccc1)c1ccccc1.c1ccc2c(c1)[nH]c1ccccc12. The molecule has 258 valence electrons. The smallest absolute Gasteiger partial charge is 0.108 e. The van der Waals surface area contributed by atoms with Crippen LogP contribution >= 0.6 is 8.58 Å². The normalized spacial score (nSPS) is 12.5. The van der Waals surface area contributed by atoms with E-state index >= 15 is 0 Å². The van der Waals surface area contributed by atoms with Crippen LogP contribution in [0.25, 0.3) is 21.8 Å². The number of fused-ring (bicyclic) bond motifs is 3. The molecule has 0 bridgehead atoms. The molecule has 0 unspecified atom stereocenters. The number of aromatic nitrogens is 1. The van der Waals surface area contributed by atoms with Crippen LogP contribution in [0.5, 0.6) is 0 Å². The Balaban J connectivity index is 0.000000294. The zero-order valence-electron chi connectivity index (χ0n) is 28.7. The molecule has 0 aliphatic rings. The number of nitrogens with two attached hydrogens (primary N) is 4. The molecule has 7 rings (SSSR count). The Labute approximate surface area is 306 Å². The first-order valence-corrected chi connectivity index (χ1v) is 17.9. The molecule has 0 atom stereocenters. The first-order valence-electron chi connectivity index (χ1n) is 16.9. The van der Waals surface area contributed by atoms with Gasteiger partial charge < -0.3 is 27.9 Å². The number of rotatable bonds is 10. The monoisotopic (exact) mass is 699 g/mol. The largest absolute Gasteiger partial charge is 0.398 e. The zero-order chi connectivity index (χ0) is 36.1. The molecule has 0 fully saturated rings. The molecule has 52 heavy (non-hydrogen) atoms. The van der Waals surface area contributed by atoms with Crippen molar-refractivity contribution in [3.8, 4) is 0 Å². The van der Waals surface area contributed by atoms with Gasteiger partial charge in [0.15, 0.2) is 0 Å². The van der Waals surface area contributed by atoms with Gasteiger partial charge in [-0.05, 0) is 93.5 Å². The van der Waals surface area contributed by atoms with Crippen LogP contribution in [-0.2, 0) is 0 Å². The minimum absolute atomic E-state index is 0.0725. The first kappa shape index (κ1) is 35.1. The Morgan fingerprint density at radius 2 is 0.673 bits per heavy atom. The Kier molecular flexibility index (Phi) is 11.7. The van der Waals surface area contributed by atoms with E-state index in [2.05, 4.69) is 53.5 Å². The molecule has 0 aliphatic heterocycles. The zero-order valence-corrected chi connectivity index (χ0v) is 29.7. The van der Waals surface area contributed by atoms with E-state index in [4.69, 9.17) is 22.9 Å². The van der Waals surface area contributed by atoms with Gasteiger partial charge in [-0.3, -0.25) is 9.80 Å². The molecule has 6 aromatic carbocycles. The van der Waals surface area contributed by atoms with Crippen molar-refractivity contribution in [2.75, 3.05) is 9.80 Å². The summed E-state index contributed by atoms with van der Waals surface area (Å²) in [6, 6.07) is 56.5. The van der Waals surface area contributed by atoms with Gasteiger partial charge in [0.2, 0.25) is 0 Å². The van der Waals surface area contributed by atoms with Gasteiger partial charge in [-0.1, -0.05) is 109 Å². The van der Waals surface area contributed by atoms with Crippen molar-refractivity contribution in [1.29, 1.82) is 0 Å². The number of aromatic amines is 1. The van der Waals surface area contributed by atoms with Gasteiger partial charge in [0.25, 0.3) is 0 Å². The maximum atomic E-state index is 6.52. The van der Waals surface area contributed by atoms with E-state index in [1.807, 2.05) is 131 Å². The molecular formula is C44H42N7P. The lowest BCUT2D eigenvalue weighted by Gasteiger charge is -2.25. The summed E-state index contributed by atoms with van der Waals surface area (Å²) in [6.07, 6.45) is 7.18. The summed E-state index contributed by atoms with van der Waals surface area (Å²) >= 11 is 0. The lowest BCUT2D eigenvalue weighted by atomic mass is 10.2. The van der Waals surface area contributed by atoms with Crippen LogP contribution in [-0.4, -0.2) is 4.98 Å². The maximum absolute atomic E-state index is 6.52. The summed E-state index contributed by atoms with van der Waals surface area (Å²) in [5.41, 5.74) is 33.1. The van der Waals surface area contributed by atoms with E-state index in [1.165, 1.54) is 21.8 Å². The fourth-order valence-corrected chi connectivity index (χ4v) is 6.42. The average Bonchev–Trinajstić information content (AvgIpc) is 3.57. The van der Waals surface area contributed by atoms with Crippen molar-refractivity contribution in [2.45, 2.75) is 0 Å². The third-order valence-electron chi connectivity index (χ3n) is 8.14. The summed E-state index contributed by atoms with van der Waals surface area (Å²) in [7, 11) is 0.0725. The van der Waals surface area contributed by atoms with Gasteiger partial charge in [-0.25, -0.2) is 0 Å². The number of nitrogens with zero attached hydrogens (tertiary/aromatic N) is 2. The molecule has 7 nitrogen and oxygen atoms in total. The van der Waals surface area contributed by atoms with Crippen LogP contribution in [0.3, 0.4) is 0 Å². The van der Waals surface area contributed by atoms with Gasteiger partial charge in [0, 0.05) is 55.4 Å². The Bertz CT molecular complexity index is 2070. The third kappa shape index (κ3) is 8.90. The van der Waals surface area contributed by atoms with Crippen molar-refractivity contribution < 1.29 is 0 Å². The summed E-state index contributed by atoms with van der Waals surface area (Å²) in [5.74, 6) is 1.07. The average molecular weight is 700 g/mol. The molecule has 0 saturated carbocycles. The van der Waals surface area contributed by atoms with Crippen LogP contribution < -0.4 is 32.7 Å². The van der Waals surface area contributed by atoms with Gasteiger partial charge in [0.05, 0.1) is 0 Å². The molecule has 0 saturated heterocycles. The molecule has 0 aliphatic carbocycles. The Hall–Kier alpha value is -6.69. The van der Waals surface area contributed by atoms with Crippen LogP contribution in [0.4, 0.5) is 22.7 Å². The molecule has 0 amide bonds. The Morgan fingerprint density at radius 3 is 1.00 bits per heavy atom. The molecular weight excluding hydrogens is 658 g/mol. The summed E-state index contributed by atoms with van der Waals surface area (Å²) in [5, 5.41) is 2.61. The molecule has 1 aromatic heterocycles. The van der Waals surface area contributed by atoms with Crippen molar-refractivity contribution in [3.63, 3.8) is 0 Å². The topological polar surface area (TPSA) is 126 Å². The molecule has 8 heteroatoms. The second-order valence-corrected chi connectivity index (χ2v) is 13.2. The number of nitrogens with one attached hydrogen (secondary N) is 1. The van der Waals surface area contributed by atoms with E-state index in [0.29, 0.717) is 22.5 Å². The van der Waals surface area contributed by atoms with E-state index in [-0.39, 0.29) is 8.58 Å². The molecule has 0 spiro atoms. The van der Waals surface area contributed by atoms with Crippen LogP contribution in [0.2, 0.25) is 0 Å². The van der Waals surface area contributed by atoms with Crippen molar-refractivity contribution in [3.05, 3.63) is 217 Å². The summed E-state index contributed by atoms with van der Waals surface area (Å²) in [6.45, 7) is 0. The van der Waals surface area contributed by atoms with Crippen LogP contribution in [0.15, 0.2) is 217 Å². The van der Waals surface area contributed by atoms with Gasteiger partial charge in [-0.2, -0.15) is 0 Å². The van der Waals surface area contributed by atoms with Crippen LogP contribution in [0, 0.1) is 0 Å². The van der Waals surface area contributed by atoms with Crippen molar-refractivity contribution in [1.82, 2.24) is 4.98 Å². The standard InChI is InChI=1S/C32H33N6P.C12H9N/c33-29(37(25-13-5-1-6-14-25)26-15-7-2-8-16-26)21-23-31(35)39-32(36)24-22-30(34)38(27-17-9-3-10-18-27)28-19-11-4-12-20-28;1-3-7-11-9(5-1)10-6-2-4-8-12(10)13-11/h1-24,39H,33-36H2;1-8,13H/b29-21+,30-22+,31-23+,32-24+;. The fraction of sp³-hybridized carbons (Fsp3) is 0. The maximum Gasteiger partial charge on any atom is 0.108 e. The van der Waals surface area contributed by atoms with E-state index in [0.717, 1.165) is 22.7 Å².